The average molecular weight is 521 g/mol. The van der Waals surface area contributed by atoms with E-state index >= 15 is 0 Å². The summed E-state index contributed by atoms with van der Waals surface area (Å²) in [5, 5.41) is 12.8. The molecule has 0 aliphatic rings. The number of carbonyl (C=O) groups is 1. The fraction of sp³-hybridized carbons (Fsp3) is 0.0476. The molecule has 1 heterocycles. The maximum atomic E-state index is 12.6. The monoisotopic (exact) mass is 518 g/mol. The third-order valence-electron chi connectivity index (χ3n) is 3.81. The van der Waals surface area contributed by atoms with Crippen molar-refractivity contribution in [2.75, 3.05) is 5.32 Å². The van der Waals surface area contributed by atoms with Crippen LogP contribution in [-0.2, 0) is 4.79 Å². The third kappa shape index (κ3) is 4.74. The Morgan fingerprint density at radius 3 is 2.54 bits per heavy atom. The number of hydrogen-bond acceptors (Lipinski definition) is 3. The highest BCUT2D eigenvalue weighted by Crippen LogP contribution is 2.33. The van der Waals surface area contributed by atoms with E-state index in [9.17, 15) is 10.1 Å². The predicted octanol–water partition coefficient (Wildman–Crippen LogP) is 6.98. The van der Waals surface area contributed by atoms with Gasteiger partial charge in [0.15, 0.2) is 0 Å². The molecule has 0 saturated carbocycles. The molecule has 0 unspecified atom stereocenters. The van der Waals surface area contributed by atoms with Gasteiger partial charge in [0.1, 0.15) is 23.2 Å². The van der Waals surface area contributed by atoms with Crippen molar-refractivity contribution in [1.82, 2.24) is 0 Å². The first-order chi connectivity index (χ1) is 13.4. The van der Waals surface area contributed by atoms with Crippen molar-refractivity contribution in [3.8, 4) is 17.4 Å². The van der Waals surface area contributed by atoms with Crippen LogP contribution in [0, 0.1) is 18.3 Å². The Balaban J connectivity index is 1.85. The topological polar surface area (TPSA) is 66.0 Å². The van der Waals surface area contributed by atoms with E-state index in [1.54, 1.807) is 24.3 Å². The molecule has 140 valence electrons. The Hall–Kier alpha value is -2.33. The summed E-state index contributed by atoms with van der Waals surface area (Å²) >= 11 is 12.9. The van der Waals surface area contributed by atoms with Gasteiger partial charge in [-0.05, 0) is 80.7 Å². The van der Waals surface area contributed by atoms with Gasteiger partial charge in [-0.25, -0.2) is 0 Å². The van der Waals surface area contributed by atoms with E-state index in [4.69, 9.17) is 16.0 Å². The van der Waals surface area contributed by atoms with Crippen LogP contribution in [0.15, 0.2) is 67.5 Å². The number of nitrogens with one attached hydrogen (secondary N) is 1. The predicted molar refractivity (Wildman–Crippen MR) is 118 cm³/mol. The van der Waals surface area contributed by atoms with E-state index in [1.165, 1.54) is 6.08 Å². The number of nitriles is 1. The molecular formula is C21H13Br2ClN2O2. The molecule has 3 rings (SSSR count). The fourth-order valence-electron chi connectivity index (χ4n) is 2.52. The van der Waals surface area contributed by atoms with Gasteiger partial charge < -0.3 is 9.73 Å². The first-order valence-electron chi connectivity index (χ1n) is 8.12. The molecular weight excluding hydrogens is 508 g/mol. The largest absolute Gasteiger partial charge is 0.457 e. The van der Waals surface area contributed by atoms with E-state index in [0.29, 0.717) is 31.2 Å². The molecule has 7 heteroatoms. The fourth-order valence-corrected chi connectivity index (χ4v) is 4.32. The summed E-state index contributed by atoms with van der Waals surface area (Å²) in [4.78, 5) is 12.6. The number of furan rings is 1. The van der Waals surface area contributed by atoms with E-state index in [0.717, 1.165) is 11.1 Å². The number of halogens is 3. The van der Waals surface area contributed by atoms with Crippen molar-refractivity contribution in [2.24, 2.45) is 0 Å². The molecule has 0 spiro atoms. The van der Waals surface area contributed by atoms with Gasteiger partial charge in [-0.1, -0.05) is 23.7 Å². The minimum absolute atomic E-state index is 0.0774. The van der Waals surface area contributed by atoms with Gasteiger partial charge in [0.25, 0.3) is 5.91 Å². The zero-order chi connectivity index (χ0) is 20.3. The van der Waals surface area contributed by atoms with Crippen LogP contribution in [0.1, 0.15) is 11.3 Å². The molecule has 0 atom stereocenters. The summed E-state index contributed by atoms with van der Waals surface area (Å²) in [6.45, 7) is 1.94. The van der Waals surface area contributed by atoms with Gasteiger partial charge in [-0.2, -0.15) is 5.26 Å². The Labute approximate surface area is 184 Å². The molecule has 1 N–H and O–H groups in total. The molecule has 0 saturated heterocycles. The van der Waals surface area contributed by atoms with Crippen LogP contribution in [0.4, 0.5) is 5.69 Å². The van der Waals surface area contributed by atoms with Gasteiger partial charge in [0.2, 0.25) is 0 Å². The number of hydrogen-bond donors (Lipinski definition) is 1. The molecule has 0 fully saturated rings. The van der Waals surface area contributed by atoms with Crippen LogP contribution in [0.2, 0.25) is 5.02 Å². The Morgan fingerprint density at radius 1 is 1.18 bits per heavy atom. The molecule has 1 aromatic heterocycles. The molecule has 0 aliphatic heterocycles. The second-order valence-corrected chi connectivity index (χ2v) is 8.08. The summed E-state index contributed by atoms with van der Waals surface area (Å²) in [5.41, 5.74) is 2.31. The van der Waals surface area contributed by atoms with Gasteiger partial charge in [0.05, 0.1) is 5.69 Å². The van der Waals surface area contributed by atoms with Crippen LogP contribution < -0.4 is 5.32 Å². The molecule has 0 radical (unpaired) electrons. The summed E-state index contributed by atoms with van der Waals surface area (Å²) in [6, 6.07) is 16.4. The number of nitrogens with zero attached hydrogens (tertiary/aromatic N) is 1. The average Bonchev–Trinajstić information content (AvgIpc) is 3.11. The van der Waals surface area contributed by atoms with E-state index in [-0.39, 0.29) is 5.57 Å². The van der Waals surface area contributed by atoms with Crippen LogP contribution in [0.3, 0.4) is 0 Å². The maximum Gasteiger partial charge on any atom is 0.266 e. The van der Waals surface area contributed by atoms with Crippen molar-refractivity contribution in [1.29, 1.82) is 5.26 Å². The highest BCUT2D eigenvalue weighted by Gasteiger charge is 2.15. The van der Waals surface area contributed by atoms with Crippen LogP contribution >= 0.6 is 43.5 Å². The van der Waals surface area contributed by atoms with Gasteiger partial charge in [-0.15, -0.1) is 0 Å². The van der Waals surface area contributed by atoms with Gasteiger partial charge >= 0.3 is 0 Å². The van der Waals surface area contributed by atoms with E-state index < -0.39 is 5.91 Å². The lowest BCUT2D eigenvalue weighted by Gasteiger charge is -2.10. The quantitative estimate of drug-likeness (QED) is 0.298. The van der Waals surface area contributed by atoms with Crippen LogP contribution in [0.25, 0.3) is 17.4 Å². The maximum absolute atomic E-state index is 12.6. The summed E-state index contributed by atoms with van der Waals surface area (Å²) < 4.78 is 7.16. The molecule has 0 bridgehead atoms. The number of carbonyl (C=O) groups excluding carboxylic acids is 1. The molecule has 3 aromatic rings. The molecule has 4 nitrogen and oxygen atoms in total. The number of aryl methyl sites for hydroxylation is 1. The second kappa shape index (κ2) is 8.78. The van der Waals surface area contributed by atoms with Gasteiger partial charge in [0, 0.05) is 25.6 Å². The lowest BCUT2D eigenvalue weighted by molar-refractivity contribution is -0.112. The molecule has 2 aromatic carbocycles. The Bertz CT molecular complexity index is 1110. The van der Waals surface area contributed by atoms with Crippen molar-refractivity contribution in [3.05, 3.63) is 79.4 Å². The number of rotatable bonds is 4. The Morgan fingerprint density at radius 2 is 1.89 bits per heavy atom. The van der Waals surface area contributed by atoms with Crippen molar-refractivity contribution < 1.29 is 9.21 Å². The normalized spacial score (nSPS) is 11.2. The lowest BCUT2D eigenvalue weighted by atomic mass is 10.2. The first-order valence-corrected chi connectivity index (χ1v) is 10.1. The highest BCUT2D eigenvalue weighted by atomic mass is 79.9. The number of amides is 1. The summed E-state index contributed by atoms with van der Waals surface area (Å²) in [7, 11) is 0. The molecule has 0 aliphatic carbocycles. The van der Waals surface area contributed by atoms with Crippen molar-refractivity contribution >= 4 is 61.1 Å². The standard InChI is InChI=1S/C21H13Br2ClN2O2/c1-12-7-17(22)20(18(23)8-12)26-21(27)14(11-25)10-16-5-6-19(28-16)13-3-2-4-15(24)9-13/h2-10H,1H3,(H,26,27)/b14-10+. The van der Waals surface area contributed by atoms with Crippen LogP contribution in [0.5, 0.6) is 0 Å². The Kier molecular flexibility index (Phi) is 6.40. The number of anilines is 1. The second-order valence-electron chi connectivity index (χ2n) is 5.94. The minimum atomic E-state index is -0.534. The SMILES string of the molecule is Cc1cc(Br)c(NC(=O)/C(C#N)=C/c2ccc(-c3cccc(Cl)c3)o2)c(Br)c1. The zero-order valence-corrected chi connectivity index (χ0v) is 18.5. The number of benzene rings is 2. The minimum Gasteiger partial charge on any atom is -0.457 e. The smallest absolute Gasteiger partial charge is 0.266 e. The van der Waals surface area contributed by atoms with E-state index in [2.05, 4.69) is 37.2 Å². The van der Waals surface area contributed by atoms with Crippen LogP contribution in [-0.4, -0.2) is 5.91 Å². The van der Waals surface area contributed by atoms with E-state index in [1.807, 2.05) is 37.3 Å². The first kappa shape index (κ1) is 20.4. The van der Waals surface area contributed by atoms with Crippen molar-refractivity contribution in [2.45, 2.75) is 6.92 Å². The van der Waals surface area contributed by atoms with Crippen molar-refractivity contribution in [3.63, 3.8) is 0 Å². The van der Waals surface area contributed by atoms with Gasteiger partial charge in [-0.3, -0.25) is 4.79 Å². The third-order valence-corrected chi connectivity index (χ3v) is 5.30. The highest BCUT2D eigenvalue weighted by molar-refractivity contribution is 9.11. The molecule has 1 amide bonds. The summed E-state index contributed by atoms with van der Waals surface area (Å²) in [5.74, 6) is 0.452. The summed E-state index contributed by atoms with van der Waals surface area (Å²) in [6.07, 6.45) is 1.40. The molecule has 28 heavy (non-hydrogen) atoms. The lowest BCUT2D eigenvalue weighted by Crippen LogP contribution is -2.14. The zero-order valence-electron chi connectivity index (χ0n) is 14.6.